The van der Waals surface area contributed by atoms with Crippen molar-refractivity contribution in [3.63, 3.8) is 0 Å². The zero-order valence-electron chi connectivity index (χ0n) is 9.50. The molecule has 0 spiro atoms. The number of nitrogens with zero attached hydrogens (tertiary/aromatic N) is 1. The number of aliphatic carboxylic acids is 1. The first-order chi connectivity index (χ1) is 7.81. The van der Waals surface area contributed by atoms with E-state index in [4.69, 9.17) is 5.11 Å². The van der Waals surface area contributed by atoms with Gasteiger partial charge in [0.15, 0.2) is 9.84 Å². The summed E-state index contributed by atoms with van der Waals surface area (Å²) in [5, 5.41) is 8.20. The lowest BCUT2D eigenvalue weighted by Crippen LogP contribution is -2.30. The highest BCUT2D eigenvalue weighted by atomic mass is 32.2. The first-order valence-electron chi connectivity index (χ1n) is 5.50. The van der Waals surface area contributed by atoms with E-state index in [0.717, 1.165) is 0 Å². The third-order valence-corrected chi connectivity index (χ3v) is 6.02. The van der Waals surface area contributed by atoms with Gasteiger partial charge in [0.1, 0.15) is 0 Å². The van der Waals surface area contributed by atoms with Crippen LogP contribution in [0.3, 0.4) is 0 Å². The maximum Gasteiger partial charge on any atom is 0.303 e. The highest BCUT2D eigenvalue weighted by molar-refractivity contribution is 7.92. The van der Waals surface area contributed by atoms with Gasteiger partial charge in [-0.15, -0.1) is 0 Å². The Labute approximate surface area is 99.5 Å². The molecular formula is C10H15NO5S. The van der Waals surface area contributed by atoms with Crippen LogP contribution in [-0.4, -0.2) is 54.4 Å². The lowest BCUT2D eigenvalue weighted by Gasteiger charge is -2.17. The van der Waals surface area contributed by atoms with E-state index in [1.165, 1.54) is 11.8 Å². The Bertz CT molecular complexity index is 457. The molecule has 0 saturated carbocycles. The largest absolute Gasteiger partial charge is 0.481 e. The molecule has 2 saturated heterocycles. The number of amides is 1. The summed E-state index contributed by atoms with van der Waals surface area (Å²) in [6.07, 6.45) is -0.133. The Morgan fingerprint density at radius 3 is 2.53 bits per heavy atom. The van der Waals surface area contributed by atoms with Gasteiger partial charge in [-0.2, -0.15) is 0 Å². The highest BCUT2D eigenvalue weighted by Gasteiger charge is 2.52. The summed E-state index contributed by atoms with van der Waals surface area (Å²) in [6.45, 7) is 2.00. The quantitative estimate of drug-likeness (QED) is 0.713. The van der Waals surface area contributed by atoms with Gasteiger partial charge in [0.05, 0.1) is 11.0 Å². The number of hydrogen-bond donors (Lipinski definition) is 1. The van der Waals surface area contributed by atoms with E-state index in [0.29, 0.717) is 6.54 Å². The maximum atomic E-state index is 11.9. The van der Waals surface area contributed by atoms with Crippen LogP contribution >= 0.6 is 0 Å². The van der Waals surface area contributed by atoms with Crippen molar-refractivity contribution in [2.45, 2.75) is 18.6 Å². The minimum atomic E-state index is -3.24. The molecule has 2 aliphatic rings. The zero-order chi connectivity index (χ0) is 12.8. The molecule has 3 atom stereocenters. The Kier molecular flexibility index (Phi) is 2.89. The molecule has 17 heavy (non-hydrogen) atoms. The normalized spacial score (nSPS) is 34.6. The van der Waals surface area contributed by atoms with E-state index >= 15 is 0 Å². The molecule has 0 radical (unpaired) electrons. The van der Waals surface area contributed by atoms with Crippen LogP contribution in [0.25, 0.3) is 0 Å². The van der Waals surface area contributed by atoms with Crippen molar-refractivity contribution < 1.29 is 23.1 Å². The zero-order valence-corrected chi connectivity index (χ0v) is 10.3. The summed E-state index contributed by atoms with van der Waals surface area (Å²) in [6, 6.07) is 0. The number of carboxylic acid groups (broad SMARTS) is 1. The van der Waals surface area contributed by atoms with E-state index in [-0.39, 0.29) is 36.5 Å². The van der Waals surface area contributed by atoms with E-state index < -0.39 is 21.1 Å². The molecule has 2 rings (SSSR count). The van der Waals surface area contributed by atoms with Gasteiger partial charge >= 0.3 is 5.97 Å². The van der Waals surface area contributed by atoms with Crippen molar-refractivity contribution in [2.75, 3.05) is 18.8 Å². The smallest absolute Gasteiger partial charge is 0.303 e. The van der Waals surface area contributed by atoms with Crippen LogP contribution in [0, 0.1) is 11.8 Å². The van der Waals surface area contributed by atoms with Crippen molar-refractivity contribution in [3.05, 3.63) is 0 Å². The molecule has 6 nitrogen and oxygen atoms in total. The summed E-state index contributed by atoms with van der Waals surface area (Å²) in [4.78, 5) is 23.4. The average molecular weight is 261 g/mol. The van der Waals surface area contributed by atoms with Crippen LogP contribution in [0.4, 0.5) is 0 Å². The van der Waals surface area contributed by atoms with Crippen molar-refractivity contribution in [3.8, 4) is 0 Å². The number of likely N-dealkylation sites (tertiary alicyclic amines) is 1. The fourth-order valence-corrected chi connectivity index (χ4v) is 5.33. The third kappa shape index (κ3) is 2.15. The Morgan fingerprint density at radius 1 is 1.35 bits per heavy atom. The fraction of sp³-hybridized carbons (Fsp3) is 0.800. The summed E-state index contributed by atoms with van der Waals surface area (Å²) >= 11 is 0. The fourth-order valence-electron chi connectivity index (χ4n) is 2.87. The van der Waals surface area contributed by atoms with Crippen molar-refractivity contribution in [1.29, 1.82) is 0 Å². The second kappa shape index (κ2) is 3.97. The lowest BCUT2D eigenvalue weighted by molar-refractivity contribution is -0.138. The molecule has 1 N–H and O–H groups in total. The van der Waals surface area contributed by atoms with Gasteiger partial charge in [0.2, 0.25) is 5.91 Å². The first kappa shape index (κ1) is 12.3. The number of carbonyl (C=O) groups excluding carboxylic acids is 1. The van der Waals surface area contributed by atoms with E-state index in [1.54, 1.807) is 0 Å². The van der Waals surface area contributed by atoms with Crippen LogP contribution < -0.4 is 0 Å². The van der Waals surface area contributed by atoms with Gasteiger partial charge in [0, 0.05) is 26.4 Å². The van der Waals surface area contributed by atoms with Crippen LogP contribution in [0.5, 0.6) is 0 Å². The lowest BCUT2D eigenvalue weighted by atomic mass is 9.91. The molecule has 0 aromatic heterocycles. The predicted octanol–water partition coefficient (Wildman–Crippen LogP) is -0.647. The van der Waals surface area contributed by atoms with Gasteiger partial charge in [0.25, 0.3) is 0 Å². The third-order valence-electron chi connectivity index (χ3n) is 3.70. The van der Waals surface area contributed by atoms with Crippen molar-refractivity contribution in [1.82, 2.24) is 4.90 Å². The number of carbonyl (C=O) groups is 2. The minimum absolute atomic E-state index is 0.0552. The topological polar surface area (TPSA) is 91.8 Å². The molecule has 0 aromatic rings. The standard InChI is InChI=1S/C10H15NO5S/c1-6(12)11-3-8-7(2-10(13)14)5-17(15,16)9(8)4-11/h7-9H,2-5H2,1H3,(H,13,14). The molecule has 2 aliphatic heterocycles. The van der Waals surface area contributed by atoms with E-state index in [1.807, 2.05) is 0 Å². The van der Waals surface area contributed by atoms with Crippen LogP contribution in [0.1, 0.15) is 13.3 Å². The summed E-state index contributed by atoms with van der Waals surface area (Å²) < 4.78 is 23.7. The van der Waals surface area contributed by atoms with Gasteiger partial charge in [-0.05, 0) is 11.8 Å². The molecule has 3 unspecified atom stereocenters. The average Bonchev–Trinajstić information content (AvgIpc) is 2.67. The number of carboxylic acids is 1. The molecular weight excluding hydrogens is 246 g/mol. The maximum absolute atomic E-state index is 11.9. The molecule has 7 heteroatoms. The van der Waals surface area contributed by atoms with E-state index in [2.05, 4.69) is 0 Å². The molecule has 96 valence electrons. The molecule has 2 fully saturated rings. The number of hydrogen-bond acceptors (Lipinski definition) is 4. The SMILES string of the molecule is CC(=O)N1CC2C(CC(=O)O)CS(=O)(=O)C2C1. The predicted molar refractivity (Wildman–Crippen MR) is 59.1 cm³/mol. The second-order valence-electron chi connectivity index (χ2n) is 4.81. The monoisotopic (exact) mass is 261 g/mol. The number of sulfone groups is 1. The van der Waals surface area contributed by atoms with Crippen LogP contribution in [-0.2, 0) is 19.4 Å². The minimum Gasteiger partial charge on any atom is -0.481 e. The van der Waals surface area contributed by atoms with Gasteiger partial charge in [-0.25, -0.2) is 8.42 Å². The van der Waals surface area contributed by atoms with Gasteiger partial charge in [-0.1, -0.05) is 0 Å². The molecule has 0 aliphatic carbocycles. The Hall–Kier alpha value is -1.11. The molecule has 2 heterocycles. The summed E-state index contributed by atoms with van der Waals surface area (Å²) in [5.41, 5.74) is 0. The molecule has 0 aromatic carbocycles. The summed E-state index contributed by atoms with van der Waals surface area (Å²) in [5.74, 6) is -1.75. The molecule has 1 amide bonds. The van der Waals surface area contributed by atoms with E-state index in [9.17, 15) is 18.0 Å². The Balaban J connectivity index is 2.21. The van der Waals surface area contributed by atoms with Crippen molar-refractivity contribution in [2.24, 2.45) is 11.8 Å². The summed E-state index contributed by atoms with van der Waals surface area (Å²) in [7, 11) is -3.24. The van der Waals surface area contributed by atoms with Crippen LogP contribution in [0.15, 0.2) is 0 Å². The number of rotatable bonds is 2. The highest BCUT2D eigenvalue weighted by Crippen LogP contribution is 2.39. The second-order valence-corrected chi connectivity index (χ2v) is 7.08. The molecule has 0 bridgehead atoms. The van der Waals surface area contributed by atoms with Crippen LogP contribution in [0.2, 0.25) is 0 Å². The van der Waals surface area contributed by atoms with Crippen molar-refractivity contribution >= 4 is 21.7 Å². The number of fused-ring (bicyclic) bond motifs is 1. The first-order valence-corrected chi connectivity index (χ1v) is 7.21. The van der Waals surface area contributed by atoms with Gasteiger partial charge < -0.3 is 10.0 Å². The van der Waals surface area contributed by atoms with Gasteiger partial charge in [-0.3, -0.25) is 9.59 Å². The Morgan fingerprint density at radius 2 is 2.00 bits per heavy atom.